The Balaban J connectivity index is 1.74. The molecule has 2 aromatic carbocycles. The second-order valence-electron chi connectivity index (χ2n) is 7.02. The lowest BCUT2D eigenvalue weighted by Crippen LogP contribution is -2.28. The van der Waals surface area contributed by atoms with E-state index in [2.05, 4.69) is 28.2 Å². The van der Waals surface area contributed by atoms with Gasteiger partial charge in [-0.25, -0.2) is 0 Å². The molecule has 0 N–H and O–H groups in total. The van der Waals surface area contributed by atoms with Crippen molar-refractivity contribution in [2.75, 3.05) is 32.6 Å². The standard InChI is InChI=1S/C22H26N4O/c1-24(2)21-10-6-8-19(14-21)18-7-5-9-20(13-18)22(27)25(3)12-11-17-15-23-26(4)16-17/h5-10,13-16H,11-12H2,1-4H3. The normalized spacial score (nSPS) is 10.7. The highest BCUT2D eigenvalue weighted by Gasteiger charge is 2.13. The molecule has 140 valence electrons. The second-order valence-corrected chi connectivity index (χ2v) is 7.02. The van der Waals surface area contributed by atoms with Gasteiger partial charge in [-0.05, 0) is 47.4 Å². The van der Waals surface area contributed by atoms with E-state index in [1.807, 2.05) is 70.9 Å². The molecule has 0 saturated heterocycles. The minimum Gasteiger partial charge on any atom is -0.378 e. The first-order chi connectivity index (χ1) is 12.9. The molecule has 0 bridgehead atoms. The van der Waals surface area contributed by atoms with Gasteiger partial charge in [0.1, 0.15) is 0 Å². The molecule has 0 saturated carbocycles. The fraction of sp³-hybridized carbons (Fsp3) is 0.273. The van der Waals surface area contributed by atoms with Crippen molar-refractivity contribution < 1.29 is 4.79 Å². The van der Waals surface area contributed by atoms with Crippen LogP contribution in [0, 0.1) is 0 Å². The van der Waals surface area contributed by atoms with Crippen LogP contribution in [0.2, 0.25) is 0 Å². The van der Waals surface area contributed by atoms with Crippen LogP contribution in [-0.2, 0) is 13.5 Å². The van der Waals surface area contributed by atoms with E-state index >= 15 is 0 Å². The summed E-state index contributed by atoms with van der Waals surface area (Å²) in [7, 11) is 7.79. The summed E-state index contributed by atoms with van der Waals surface area (Å²) < 4.78 is 1.78. The van der Waals surface area contributed by atoms with E-state index in [-0.39, 0.29) is 5.91 Å². The van der Waals surface area contributed by atoms with Crippen molar-refractivity contribution in [3.05, 3.63) is 72.1 Å². The first-order valence-electron chi connectivity index (χ1n) is 9.05. The minimum atomic E-state index is 0.0319. The maximum atomic E-state index is 12.8. The van der Waals surface area contributed by atoms with Crippen molar-refractivity contribution >= 4 is 11.6 Å². The summed E-state index contributed by atoms with van der Waals surface area (Å²) in [6.07, 6.45) is 4.62. The Labute approximate surface area is 160 Å². The summed E-state index contributed by atoms with van der Waals surface area (Å²) in [5.74, 6) is 0.0319. The molecule has 0 atom stereocenters. The third-order valence-electron chi connectivity index (χ3n) is 4.65. The molecule has 3 aromatic rings. The van der Waals surface area contributed by atoms with Crippen LogP contribution in [0.5, 0.6) is 0 Å². The molecule has 1 heterocycles. The summed E-state index contributed by atoms with van der Waals surface area (Å²) in [6.45, 7) is 0.658. The number of rotatable bonds is 6. The van der Waals surface area contributed by atoms with E-state index < -0.39 is 0 Å². The fourth-order valence-corrected chi connectivity index (χ4v) is 3.02. The second kappa shape index (κ2) is 8.08. The van der Waals surface area contributed by atoms with E-state index in [0.29, 0.717) is 12.1 Å². The lowest BCUT2D eigenvalue weighted by molar-refractivity contribution is 0.0796. The predicted octanol–water partition coefficient (Wildman–Crippen LogP) is 3.47. The lowest BCUT2D eigenvalue weighted by atomic mass is 10.0. The molecule has 0 aliphatic rings. The number of nitrogens with zero attached hydrogens (tertiary/aromatic N) is 4. The largest absolute Gasteiger partial charge is 0.378 e. The van der Waals surface area contributed by atoms with Gasteiger partial charge >= 0.3 is 0 Å². The molecule has 1 aromatic heterocycles. The third kappa shape index (κ3) is 4.56. The zero-order valence-electron chi connectivity index (χ0n) is 16.4. The quantitative estimate of drug-likeness (QED) is 0.674. The van der Waals surface area contributed by atoms with Gasteiger partial charge in [0.05, 0.1) is 6.20 Å². The highest BCUT2D eigenvalue weighted by Crippen LogP contribution is 2.25. The first kappa shape index (κ1) is 18.7. The third-order valence-corrected chi connectivity index (χ3v) is 4.65. The average Bonchev–Trinajstić information content (AvgIpc) is 3.11. The molecule has 3 rings (SSSR count). The number of aromatic nitrogens is 2. The number of carbonyl (C=O) groups is 1. The van der Waals surface area contributed by atoms with Crippen LogP contribution >= 0.6 is 0 Å². The van der Waals surface area contributed by atoms with Gasteiger partial charge in [0, 0.05) is 52.2 Å². The Morgan fingerprint density at radius 2 is 1.74 bits per heavy atom. The fourth-order valence-electron chi connectivity index (χ4n) is 3.02. The van der Waals surface area contributed by atoms with Gasteiger partial charge < -0.3 is 9.80 Å². The first-order valence-corrected chi connectivity index (χ1v) is 9.05. The maximum Gasteiger partial charge on any atom is 0.253 e. The Hall–Kier alpha value is -3.08. The van der Waals surface area contributed by atoms with Crippen molar-refractivity contribution in [2.45, 2.75) is 6.42 Å². The van der Waals surface area contributed by atoms with Crippen LogP contribution in [0.4, 0.5) is 5.69 Å². The van der Waals surface area contributed by atoms with Crippen LogP contribution in [0.15, 0.2) is 60.9 Å². The number of hydrogen-bond donors (Lipinski definition) is 0. The van der Waals surface area contributed by atoms with Crippen molar-refractivity contribution in [2.24, 2.45) is 7.05 Å². The van der Waals surface area contributed by atoms with Gasteiger partial charge in [0.25, 0.3) is 5.91 Å². The van der Waals surface area contributed by atoms with Gasteiger partial charge in [-0.15, -0.1) is 0 Å². The number of carbonyl (C=O) groups excluding carboxylic acids is 1. The number of likely N-dealkylation sites (N-methyl/N-ethyl adjacent to an activating group) is 1. The molecule has 0 fully saturated rings. The summed E-state index contributed by atoms with van der Waals surface area (Å²) in [5, 5.41) is 4.17. The average molecular weight is 362 g/mol. The Kier molecular flexibility index (Phi) is 5.60. The summed E-state index contributed by atoms with van der Waals surface area (Å²) >= 11 is 0. The minimum absolute atomic E-state index is 0.0319. The van der Waals surface area contributed by atoms with Gasteiger partial charge in [-0.2, -0.15) is 5.10 Å². The van der Waals surface area contributed by atoms with E-state index in [1.54, 1.807) is 9.58 Å². The molecule has 27 heavy (non-hydrogen) atoms. The molecule has 0 radical (unpaired) electrons. The smallest absolute Gasteiger partial charge is 0.253 e. The Morgan fingerprint density at radius 3 is 2.41 bits per heavy atom. The highest BCUT2D eigenvalue weighted by molar-refractivity contribution is 5.95. The maximum absolute atomic E-state index is 12.8. The highest BCUT2D eigenvalue weighted by atomic mass is 16.2. The Morgan fingerprint density at radius 1 is 1.04 bits per heavy atom. The van der Waals surface area contributed by atoms with Gasteiger partial charge in [-0.3, -0.25) is 9.48 Å². The van der Waals surface area contributed by atoms with Crippen molar-refractivity contribution in [3.8, 4) is 11.1 Å². The molecular weight excluding hydrogens is 336 g/mol. The van der Waals surface area contributed by atoms with Gasteiger partial charge in [0.15, 0.2) is 0 Å². The van der Waals surface area contributed by atoms with Gasteiger partial charge in [0.2, 0.25) is 0 Å². The van der Waals surface area contributed by atoms with Crippen LogP contribution in [0.25, 0.3) is 11.1 Å². The van der Waals surface area contributed by atoms with Crippen LogP contribution in [0.3, 0.4) is 0 Å². The zero-order chi connectivity index (χ0) is 19.4. The number of anilines is 1. The molecule has 1 amide bonds. The van der Waals surface area contributed by atoms with Crippen LogP contribution < -0.4 is 4.90 Å². The Bertz CT molecular complexity index is 929. The molecule has 5 nitrogen and oxygen atoms in total. The van der Waals surface area contributed by atoms with Crippen LogP contribution in [-0.4, -0.2) is 48.3 Å². The molecule has 0 spiro atoms. The zero-order valence-corrected chi connectivity index (χ0v) is 16.4. The summed E-state index contributed by atoms with van der Waals surface area (Å²) in [5.41, 5.74) is 5.12. The molecule has 0 aliphatic heterocycles. The number of amides is 1. The molecule has 0 unspecified atom stereocenters. The topological polar surface area (TPSA) is 41.4 Å². The number of hydrogen-bond acceptors (Lipinski definition) is 3. The molecule has 5 heteroatoms. The summed E-state index contributed by atoms with van der Waals surface area (Å²) in [4.78, 5) is 16.7. The van der Waals surface area contributed by atoms with Crippen molar-refractivity contribution in [1.82, 2.24) is 14.7 Å². The predicted molar refractivity (Wildman–Crippen MR) is 110 cm³/mol. The molecule has 0 aliphatic carbocycles. The van der Waals surface area contributed by atoms with Gasteiger partial charge in [-0.1, -0.05) is 24.3 Å². The SMILES string of the molecule is CN(CCc1cnn(C)c1)C(=O)c1cccc(-c2cccc(N(C)C)c2)c1. The molecular formula is C22H26N4O. The van der Waals surface area contributed by atoms with E-state index in [4.69, 9.17) is 0 Å². The summed E-state index contributed by atoms with van der Waals surface area (Å²) in [6, 6.07) is 16.2. The number of benzene rings is 2. The number of aryl methyl sites for hydroxylation is 1. The van der Waals surface area contributed by atoms with E-state index in [9.17, 15) is 4.79 Å². The van der Waals surface area contributed by atoms with E-state index in [1.165, 1.54) is 0 Å². The van der Waals surface area contributed by atoms with Crippen molar-refractivity contribution in [1.29, 1.82) is 0 Å². The lowest BCUT2D eigenvalue weighted by Gasteiger charge is -2.18. The monoisotopic (exact) mass is 362 g/mol. The van der Waals surface area contributed by atoms with Crippen LogP contribution in [0.1, 0.15) is 15.9 Å². The van der Waals surface area contributed by atoms with E-state index in [0.717, 1.165) is 28.8 Å². The van der Waals surface area contributed by atoms with Crippen molar-refractivity contribution in [3.63, 3.8) is 0 Å².